The molecule has 0 spiro atoms. The number of aryl methyl sites for hydroxylation is 2. The Kier molecular flexibility index (Phi) is 3.89. The highest BCUT2D eigenvalue weighted by molar-refractivity contribution is 5.33. The summed E-state index contributed by atoms with van der Waals surface area (Å²) in [6, 6.07) is 5.99. The highest BCUT2D eigenvalue weighted by Crippen LogP contribution is 2.15. The average Bonchev–Trinajstić information content (AvgIpc) is 2.11. The quantitative estimate of drug-likeness (QED) is 0.415. The van der Waals surface area contributed by atoms with Crippen LogP contribution in [0.3, 0.4) is 0 Å². The maximum atomic E-state index is 9.78. The van der Waals surface area contributed by atoms with E-state index in [1.54, 1.807) is 0 Å². The molecule has 0 aliphatic carbocycles. The van der Waals surface area contributed by atoms with Crippen molar-refractivity contribution >= 4 is 6.08 Å². The number of ether oxygens (including phenoxy) is 1. The van der Waals surface area contributed by atoms with Crippen LogP contribution in [0.5, 0.6) is 5.75 Å². The fourth-order valence-electron chi connectivity index (χ4n) is 1.27. The van der Waals surface area contributed by atoms with Crippen molar-refractivity contribution < 1.29 is 9.53 Å². The lowest BCUT2D eigenvalue weighted by Gasteiger charge is -2.05. The molecule has 0 amide bonds. The highest BCUT2D eigenvalue weighted by Gasteiger charge is 1.95. The molecule has 3 nitrogen and oxygen atoms in total. The minimum atomic E-state index is 0.358. The van der Waals surface area contributed by atoms with E-state index in [1.165, 1.54) is 17.2 Å². The molecule has 74 valence electrons. The summed E-state index contributed by atoms with van der Waals surface area (Å²) in [6.45, 7) is 4.81. The van der Waals surface area contributed by atoms with Crippen LogP contribution in [0, 0.1) is 13.8 Å². The highest BCUT2D eigenvalue weighted by atomic mass is 16.5. The van der Waals surface area contributed by atoms with Crippen molar-refractivity contribution in [1.82, 2.24) is 0 Å². The fourth-order valence-corrected chi connectivity index (χ4v) is 1.27. The first-order chi connectivity index (χ1) is 6.72. The molecule has 0 atom stereocenters. The first kappa shape index (κ1) is 10.5. The van der Waals surface area contributed by atoms with E-state index in [-0.39, 0.29) is 0 Å². The van der Waals surface area contributed by atoms with E-state index in [9.17, 15) is 4.79 Å². The molecule has 0 aromatic heterocycles. The molecule has 0 heterocycles. The van der Waals surface area contributed by atoms with Gasteiger partial charge in [-0.3, -0.25) is 0 Å². The number of benzene rings is 1. The predicted molar refractivity (Wildman–Crippen MR) is 54.4 cm³/mol. The summed E-state index contributed by atoms with van der Waals surface area (Å²) in [6.07, 6.45) is 1.47. The van der Waals surface area contributed by atoms with Gasteiger partial charge in [-0.1, -0.05) is 6.07 Å². The van der Waals surface area contributed by atoms with Gasteiger partial charge in [0.1, 0.15) is 12.4 Å². The summed E-state index contributed by atoms with van der Waals surface area (Å²) in [7, 11) is 0. The van der Waals surface area contributed by atoms with Crippen molar-refractivity contribution in [2.24, 2.45) is 4.99 Å². The molecule has 0 aliphatic rings. The van der Waals surface area contributed by atoms with Crippen LogP contribution < -0.4 is 4.74 Å². The smallest absolute Gasteiger partial charge is 0.235 e. The van der Waals surface area contributed by atoms with Gasteiger partial charge < -0.3 is 4.74 Å². The number of hydrogen-bond donors (Lipinski definition) is 0. The summed E-state index contributed by atoms with van der Waals surface area (Å²) in [5.41, 5.74) is 2.33. The Hall–Kier alpha value is -1.60. The van der Waals surface area contributed by atoms with Crippen molar-refractivity contribution in [2.75, 3.05) is 13.2 Å². The maximum Gasteiger partial charge on any atom is 0.235 e. The van der Waals surface area contributed by atoms with Gasteiger partial charge in [-0.2, -0.15) is 0 Å². The average molecular weight is 191 g/mol. The standard InChI is InChI=1S/C11H13NO2/c1-9-5-10(2)7-11(6-9)14-4-3-12-8-13/h5-7H,3-4H2,1-2H3. The first-order valence-corrected chi connectivity index (χ1v) is 4.47. The van der Waals surface area contributed by atoms with E-state index >= 15 is 0 Å². The maximum absolute atomic E-state index is 9.78. The molecule has 1 rings (SSSR count). The second-order valence-electron chi connectivity index (χ2n) is 3.14. The lowest BCUT2D eigenvalue weighted by molar-refractivity contribution is 0.328. The monoisotopic (exact) mass is 191 g/mol. The van der Waals surface area contributed by atoms with Gasteiger partial charge in [-0.05, 0) is 37.1 Å². The molecule has 0 radical (unpaired) electrons. The molecule has 3 heteroatoms. The topological polar surface area (TPSA) is 38.7 Å². The molecule has 0 saturated carbocycles. The zero-order chi connectivity index (χ0) is 10.4. The third kappa shape index (κ3) is 3.42. The van der Waals surface area contributed by atoms with E-state index in [4.69, 9.17) is 4.74 Å². The van der Waals surface area contributed by atoms with Crippen LogP contribution in [-0.4, -0.2) is 19.2 Å². The summed E-state index contributed by atoms with van der Waals surface area (Å²) < 4.78 is 5.40. The molecular weight excluding hydrogens is 178 g/mol. The molecule has 0 saturated heterocycles. The number of hydrogen-bond acceptors (Lipinski definition) is 3. The van der Waals surface area contributed by atoms with Crippen LogP contribution in [0.4, 0.5) is 0 Å². The van der Waals surface area contributed by atoms with Crippen LogP contribution in [0.1, 0.15) is 11.1 Å². The Labute approximate surface area is 83.4 Å². The third-order valence-electron chi connectivity index (χ3n) is 1.73. The van der Waals surface area contributed by atoms with Crippen LogP contribution in [0.15, 0.2) is 23.2 Å². The lowest BCUT2D eigenvalue weighted by atomic mass is 10.1. The Morgan fingerprint density at radius 1 is 1.29 bits per heavy atom. The van der Waals surface area contributed by atoms with Gasteiger partial charge in [-0.15, -0.1) is 0 Å². The fraction of sp³-hybridized carbons (Fsp3) is 0.364. The van der Waals surface area contributed by atoms with Crippen molar-refractivity contribution in [3.8, 4) is 5.75 Å². The molecule has 0 fully saturated rings. The van der Waals surface area contributed by atoms with Crippen molar-refractivity contribution in [3.05, 3.63) is 29.3 Å². The number of aliphatic imine (C=N–C) groups is 1. The molecule has 14 heavy (non-hydrogen) atoms. The minimum absolute atomic E-state index is 0.358. The predicted octanol–water partition coefficient (Wildman–Crippen LogP) is 2.02. The molecular formula is C11H13NO2. The molecule has 1 aromatic carbocycles. The summed E-state index contributed by atoms with van der Waals surface area (Å²) in [4.78, 5) is 13.2. The molecule has 0 bridgehead atoms. The molecule has 0 N–H and O–H groups in total. The first-order valence-electron chi connectivity index (χ1n) is 4.47. The van der Waals surface area contributed by atoms with E-state index < -0.39 is 0 Å². The van der Waals surface area contributed by atoms with Gasteiger partial charge in [0.2, 0.25) is 6.08 Å². The van der Waals surface area contributed by atoms with E-state index in [1.807, 2.05) is 26.0 Å². The van der Waals surface area contributed by atoms with E-state index in [2.05, 4.69) is 11.1 Å². The second kappa shape index (κ2) is 5.20. The van der Waals surface area contributed by atoms with E-state index in [0.717, 1.165) is 5.75 Å². The van der Waals surface area contributed by atoms with E-state index in [0.29, 0.717) is 13.2 Å². The van der Waals surface area contributed by atoms with Crippen LogP contribution in [0.25, 0.3) is 0 Å². The SMILES string of the molecule is Cc1cc(C)cc(OCCN=C=O)c1. The van der Waals surface area contributed by atoms with Gasteiger partial charge in [0, 0.05) is 0 Å². The molecule has 0 unspecified atom stereocenters. The number of rotatable bonds is 4. The zero-order valence-electron chi connectivity index (χ0n) is 8.41. The lowest BCUT2D eigenvalue weighted by Crippen LogP contribution is -2.01. The number of carbonyl (C=O) groups excluding carboxylic acids is 1. The Morgan fingerprint density at radius 2 is 1.93 bits per heavy atom. The third-order valence-corrected chi connectivity index (χ3v) is 1.73. The number of isocyanates is 1. The number of nitrogens with zero attached hydrogens (tertiary/aromatic N) is 1. The zero-order valence-corrected chi connectivity index (χ0v) is 8.41. The summed E-state index contributed by atoms with van der Waals surface area (Å²) >= 11 is 0. The second-order valence-corrected chi connectivity index (χ2v) is 3.14. The largest absolute Gasteiger partial charge is 0.492 e. The normalized spacial score (nSPS) is 9.29. The van der Waals surface area contributed by atoms with Crippen molar-refractivity contribution in [2.45, 2.75) is 13.8 Å². The van der Waals surface area contributed by atoms with Gasteiger partial charge in [0.05, 0.1) is 6.54 Å². The van der Waals surface area contributed by atoms with Crippen LogP contribution in [-0.2, 0) is 4.79 Å². The summed E-state index contributed by atoms with van der Waals surface area (Å²) in [5, 5.41) is 0. The summed E-state index contributed by atoms with van der Waals surface area (Å²) in [5.74, 6) is 0.823. The Bertz CT molecular complexity index is 334. The van der Waals surface area contributed by atoms with Gasteiger partial charge in [0.25, 0.3) is 0 Å². The minimum Gasteiger partial charge on any atom is -0.492 e. The van der Waals surface area contributed by atoms with Crippen LogP contribution >= 0.6 is 0 Å². The Balaban J connectivity index is 2.54. The van der Waals surface area contributed by atoms with Gasteiger partial charge in [0.15, 0.2) is 0 Å². The van der Waals surface area contributed by atoms with Crippen molar-refractivity contribution in [3.63, 3.8) is 0 Å². The van der Waals surface area contributed by atoms with Gasteiger partial charge >= 0.3 is 0 Å². The Morgan fingerprint density at radius 3 is 2.50 bits per heavy atom. The molecule has 1 aromatic rings. The van der Waals surface area contributed by atoms with Gasteiger partial charge in [-0.25, -0.2) is 9.79 Å². The molecule has 0 aliphatic heterocycles. The van der Waals surface area contributed by atoms with Crippen molar-refractivity contribution in [1.29, 1.82) is 0 Å². The van der Waals surface area contributed by atoms with Crippen LogP contribution in [0.2, 0.25) is 0 Å².